The summed E-state index contributed by atoms with van der Waals surface area (Å²) in [4.78, 5) is 17.5. The van der Waals surface area contributed by atoms with Gasteiger partial charge in [0, 0.05) is 22.6 Å². The first kappa shape index (κ1) is 17.6. The van der Waals surface area contributed by atoms with Gasteiger partial charge in [0.05, 0.1) is 0 Å². The van der Waals surface area contributed by atoms with Crippen LogP contribution in [0.3, 0.4) is 0 Å². The molecule has 0 spiro atoms. The van der Waals surface area contributed by atoms with Gasteiger partial charge < -0.3 is 0 Å². The van der Waals surface area contributed by atoms with Gasteiger partial charge in [-0.25, -0.2) is 9.37 Å². The molecule has 3 aromatic rings. The van der Waals surface area contributed by atoms with E-state index in [1.807, 2.05) is 29.7 Å². The number of ketones is 1. The van der Waals surface area contributed by atoms with Crippen molar-refractivity contribution >= 4 is 41.0 Å². The summed E-state index contributed by atoms with van der Waals surface area (Å²) in [5.41, 5.74) is 0.547. The number of nitrogens with one attached hydrogen (secondary N) is 1. The first-order valence-corrected chi connectivity index (χ1v) is 9.63. The highest BCUT2D eigenvalue weighted by molar-refractivity contribution is 7.99. The lowest BCUT2D eigenvalue weighted by atomic mass is 10.1. The van der Waals surface area contributed by atoms with Gasteiger partial charge in [0.1, 0.15) is 11.6 Å². The summed E-state index contributed by atoms with van der Waals surface area (Å²) < 4.78 is 12.8. The fourth-order valence-corrected chi connectivity index (χ4v) is 3.48. The summed E-state index contributed by atoms with van der Waals surface area (Å²) in [6, 6.07) is 9.69. The number of rotatable bonds is 8. The Balaban J connectivity index is 1.42. The van der Waals surface area contributed by atoms with E-state index in [-0.39, 0.29) is 11.6 Å². The van der Waals surface area contributed by atoms with E-state index in [4.69, 9.17) is 0 Å². The van der Waals surface area contributed by atoms with Gasteiger partial charge in [-0.05, 0) is 54.3 Å². The molecule has 0 fully saturated rings. The number of carbonyl (C=O) groups is 1. The molecule has 0 radical (unpaired) electrons. The second-order valence-electron chi connectivity index (χ2n) is 5.23. The van der Waals surface area contributed by atoms with Crippen molar-refractivity contribution < 1.29 is 9.18 Å². The summed E-state index contributed by atoms with van der Waals surface area (Å²) in [6.45, 7) is 0. The van der Waals surface area contributed by atoms with Crippen LogP contribution in [-0.2, 0) is 0 Å². The highest BCUT2D eigenvalue weighted by atomic mass is 32.2. The Morgan fingerprint density at radius 1 is 1.24 bits per heavy atom. The molecule has 2 aromatic heterocycles. The maximum atomic E-state index is 12.8. The quantitative estimate of drug-likeness (QED) is 0.345. The number of hydrogen-bond donors (Lipinski definition) is 1. The largest absolute Gasteiger partial charge is 0.294 e. The lowest BCUT2D eigenvalue weighted by molar-refractivity contribution is 0.0982. The highest BCUT2D eigenvalue weighted by Crippen LogP contribution is 2.17. The van der Waals surface area contributed by atoms with E-state index in [9.17, 15) is 9.18 Å². The third-order valence-electron chi connectivity index (χ3n) is 3.38. The van der Waals surface area contributed by atoms with Gasteiger partial charge in [0.15, 0.2) is 5.78 Å². The van der Waals surface area contributed by atoms with E-state index in [0.29, 0.717) is 23.0 Å². The van der Waals surface area contributed by atoms with Crippen molar-refractivity contribution in [2.45, 2.75) is 18.0 Å². The molecular formula is C18H16FN3OS2. The van der Waals surface area contributed by atoms with Crippen LogP contribution in [0.1, 0.15) is 33.9 Å². The fourth-order valence-electron chi connectivity index (χ4n) is 2.12. The van der Waals surface area contributed by atoms with Crippen molar-refractivity contribution in [1.82, 2.24) is 15.2 Å². The Labute approximate surface area is 153 Å². The summed E-state index contributed by atoms with van der Waals surface area (Å²) >= 11 is 3.17. The van der Waals surface area contributed by atoms with Crippen LogP contribution in [-0.4, -0.2) is 26.7 Å². The van der Waals surface area contributed by atoms with Gasteiger partial charge in [-0.2, -0.15) is 0 Å². The third kappa shape index (κ3) is 5.37. The minimum absolute atomic E-state index is 0.0233. The van der Waals surface area contributed by atoms with Gasteiger partial charge in [-0.3, -0.25) is 9.89 Å². The second kappa shape index (κ2) is 8.73. The molecule has 0 amide bonds. The zero-order valence-corrected chi connectivity index (χ0v) is 14.9. The number of nitrogens with zero attached hydrogens (tertiary/aromatic N) is 2. The third-order valence-corrected chi connectivity index (χ3v) is 5.15. The molecule has 1 aromatic carbocycles. The molecule has 0 aliphatic rings. The molecule has 4 nitrogen and oxygen atoms in total. The number of H-pyrrole nitrogens is 1. The smallest absolute Gasteiger partial charge is 0.208 e. The first-order chi connectivity index (χ1) is 12.2. The van der Waals surface area contributed by atoms with Crippen LogP contribution in [0.5, 0.6) is 0 Å². The van der Waals surface area contributed by atoms with Gasteiger partial charge in [0.25, 0.3) is 0 Å². The number of aromatic nitrogens is 3. The van der Waals surface area contributed by atoms with Crippen molar-refractivity contribution in [3.8, 4) is 0 Å². The van der Waals surface area contributed by atoms with Crippen LogP contribution in [0, 0.1) is 5.82 Å². The predicted molar refractivity (Wildman–Crippen MR) is 100 cm³/mol. The molecule has 0 aliphatic carbocycles. The summed E-state index contributed by atoms with van der Waals surface area (Å²) in [5.74, 6) is 1.15. The SMILES string of the molecule is O=C(CCCSc1n[nH]c(C=Cc2cccs2)n1)c1ccc(F)cc1. The van der Waals surface area contributed by atoms with E-state index in [1.165, 1.54) is 36.0 Å². The van der Waals surface area contributed by atoms with Crippen molar-refractivity contribution in [3.63, 3.8) is 0 Å². The minimum atomic E-state index is -0.333. The number of aromatic amines is 1. The van der Waals surface area contributed by atoms with Crippen LogP contribution >= 0.6 is 23.1 Å². The van der Waals surface area contributed by atoms with E-state index < -0.39 is 0 Å². The Morgan fingerprint density at radius 3 is 2.84 bits per heavy atom. The Hall–Kier alpha value is -2.25. The molecule has 25 heavy (non-hydrogen) atoms. The lowest BCUT2D eigenvalue weighted by Gasteiger charge is -2.00. The number of carbonyl (C=O) groups excluding carboxylic acids is 1. The summed E-state index contributed by atoms with van der Waals surface area (Å²) in [7, 11) is 0. The van der Waals surface area contributed by atoms with E-state index >= 15 is 0 Å². The molecule has 0 unspecified atom stereocenters. The van der Waals surface area contributed by atoms with Crippen LogP contribution < -0.4 is 0 Å². The maximum absolute atomic E-state index is 12.8. The second-order valence-corrected chi connectivity index (χ2v) is 7.28. The van der Waals surface area contributed by atoms with Crippen LogP contribution in [0.2, 0.25) is 0 Å². The van der Waals surface area contributed by atoms with Crippen LogP contribution in [0.15, 0.2) is 46.9 Å². The molecule has 0 aliphatic heterocycles. The Bertz CT molecular complexity index is 842. The van der Waals surface area contributed by atoms with Gasteiger partial charge >= 0.3 is 0 Å². The monoisotopic (exact) mass is 373 g/mol. The minimum Gasteiger partial charge on any atom is -0.294 e. The molecule has 0 bridgehead atoms. The topological polar surface area (TPSA) is 58.6 Å². The number of hydrogen-bond acceptors (Lipinski definition) is 5. The number of thioether (sulfide) groups is 1. The molecule has 3 rings (SSSR count). The van der Waals surface area contributed by atoms with Crippen molar-refractivity contribution in [2.24, 2.45) is 0 Å². The zero-order valence-electron chi connectivity index (χ0n) is 13.3. The zero-order chi connectivity index (χ0) is 17.5. The summed E-state index contributed by atoms with van der Waals surface area (Å²) in [6.07, 6.45) is 5.02. The van der Waals surface area contributed by atoms with Crippen molar-refractivity contribution in [2.75, 3.05) is 5.75 Å². The first-order valence-electron chi connectivity index (χ1n) is 7.76. The molecule has 128 valence electrons. The molecule has 2 heterocycles. The number of thiophene rings is 1. The average Bonchev–Trinajstić information content (AvgIpc) is 3.29. The summed E-state index contributed by atoms with van der Waals surface area (Å²) in [5, 5.41) is 9.72. The van der Waals surface area contributed by atoms with Gasteiger partial charge in [-0.15, -0.1) is 16.4 Å². The Morgan fingerprint density at radius 2 is 2.08 bits per heavy atom. The van der Waals surface area contributed by atoms with Crippen LogP contribution in [0.25, 0.3) is 12.2 Å². The Kier molecular flexibility index (Phi) is 6.14. The lowest BCUT2D eigenvalue weighted by Crippen LogP contribution is -1.99. The number of benzene rings is 1. The van der Waals surface area contributed by atoms with Gasteiger partial charge in [0.2, 0.25) is 5.16 Å². The maximum Gasteiger partial charge on any atom is 0.208 e. The number of Topliss-reactive ketones (excluding diaryl/α,β-unsaturated/α-hetero) is 1. The highest BCUT2D eigenvalue weighted by Gasteiger charge is 2.07. The molecular weight excluding hydrogens is 357 g/mol. The standard InChI is InChI=1S/C18H16FN3OS2/c19-14-7-5-13(6-8-14)16(23)4-2-12-25-18-20-17(21-22-18)10-9-15-3-1-11-24-15/h1,3,5-11H,2,4,12H2,(H,20,21,22). The molecule has 1 N–H and O–H groups in total. The van der Waals surface area contributed by atoms with E-state index in [0.717, 1.165) is 17.1 Å². The van der Waals surface area contributed by atoms with Crippen molar-refractivity contribution in [3.05, 3.63) is 63.9 Å². The van der Waals surface area contributed by atoms with Gasteiger partial charge in [-0.1, -0.05) is 17.8 Å². The molecule has 0 saturated carbocycles. The van der Waals surface area contributed by atoms with Crippen LogP contribution in [0.4, 0.5) is 4.39 Å². The van der Waals surface area contributed by atoms with E-state index in [1.54, 1.807) is 11.3 Å². The molecule has 7 heteroatoms. The van der Waals surface area contributed by atoms with E-state index in [2.05, 4.69) is 15.2 Å². The molecule has 0 atom stereocenters. The molecule has 0 saturated heterocycles. The fraction of sp³-hybridized carbons (Fsp3) is 0.167. The average molecular weight is 373 g/mol. The normalized spacial score (nSPS) is 11.2. The van der Waals surface area contributed by atoms with Crippen molar-refractivity contribution in [1.29, 1.82) is 0 Å². The number of halogens is 1. The predicted octanol–water partition coefficient (Wildman–Crippen LogP) is 4.93.